The van der Waals surface area contributed by atoms with E-state index in [-0.39, 0.29) is 12.5 Å². The molecule has 1 amide bonds. The predicted octanol–water partition coefficient (Wildman–Crippen LogP) is 1.24. The van der Waals surface area contributed by atoms with Crippen LogP contribution in [0.25, 0.3) is 5.69 Å². The number of aromatic nitrogens is 4. The van der Waals surface area contributed by atoms with Gasteiger partial charge in [-0.3, -0.25) is 9.48 Å². The molecule has 7 heteroatoms. The number of nitrogens with one attached hydrogen (secondary N) is 1. The minimum atomic E-state index is -1.19. The zero-order valence-corrected chi connectivity index (χ0v) is 13.5. The molecule has 0 spiro atoms. The Balaban J connectivity index is 1.70. The second-order valence-corrected chi connectivity index (χ2v) is 5.86. The fourth-order valence-electron chi connectivity index (χ4n) is 2.37. The first-order valence-electron chi connectivity index (χ1n) is 7.55. The topological polar surface area (TPSA) is 85.0 Å². The lowest BCUT2D eigenvalue weighted by molar-refractivity contribution is 0.0526. The third-order valence-electron chi connectivity index (χ3n) is 3.80. The fourth-order valence-corrected chi connectivity index (χ4v) is 2.37. The smallest absolute Gasteiger partial charge is 0.251 e. The normalized spacial score (nSPS) is 13.5. The summed E-state index contributed by atoms with van der Waals surface area (Å²) in [4.78, 5) is 12.4. The Kier molecular flexibility index (Phi) is 4.18. The van der Waals surface area contributed by atoms with Crippen LogP contribution in [0, 0.1) is 0 Å². The van der Waals surface area contributed by atoms with Crippen molar-refractivity contribution >= 4 is 5.91 Å². The van der Waals surface area contributed by atoms with Crippen LogP contribution >= 0.6 is 0 Å². The van der Waals surface area contributed by atoms with Crippen LogP contribution in [0.4, 0.5) is 0 Å². The second kappa shape index (κ2) is 6.29. The molecular weight excluding hydrogens is 306 g/mol. The lowest BCUT2D eigenvalue weighted by Crippen LogP contribution is -2.38. The van der Waals surface area contributed by atoms with Crippen LogP contribution in [0.5, 0.6) is 0 Å². The van der Waals surface area contributed by atoms with Gasteiger partial charge in [-0.2, -0.15) is 10.2 Å². The van der Waals surface area contributed by atoms with Crippen molar-refractivity contribution in [3.8, 4) is 5.69 Å². The molecule has 24 heavy (non-hydrogen) atoms. The van der Waals surface area contributed by atoms with E-state index >= 15 is 0 Å². The number of aliphatic hydroxyl groups is 1. The fraction of sp³-hybridized carbons (Fsp3) is 0.235. The number of benzene rings is 1. The third kappa shape index (κ3) is 3.36. The molecule has 0 bridgehead atoms. The largest absolute Gasteiger partial charge is 0.383 e. The number of nitrogens with zero attached hydrogens (tertiary/aromatic N) is 4. The first-order valence-corrected chi connectivity index (χ1v) is 7.55. The maximum absolute atomic E-state index is 12.4. The van der Waals surface area contributed by atoms with E-state index in [4.69, 9.17) is 0 Å². The highest BCUT2D eigenvalue weighted by molar-refractivity contribution is 5.94. The highest BCUT2D eigenvalue weighted by atomic mass is 16.3. The second-order valence-electron chi connectivity index (χ2n) is 5.86. The van der Waals surface area contributed by atoms with Gasteiger partial charge in [-0.1, -0.05) is 6.07 Å². The van der Waals surface area contributed by atoms with Gasteiger partial charge in [0.1, 0.15) is 5.60 Å². The van der Waals surface area contributed by atoms with Gasteiger partial charge in [0, 0.05) is 36.8 Å². The molecule has 3 aromatic rings. The summed E-state index contributed by atoms with van der Waals surface area (Å²) in [5.41, 5.74) is 0.760. The van der Waals surface area contributed by atoms with Crippen molar-refractivity contribution in [2.24, 2.45) is 7.05 Å². The SMILES string of the molecule is Cn1cc(C(C)(O)CNC(=O)c2cccc(-n3cccn3)c2)cn1. The van der Waals surface area contributed by atoms with Crippen LogP contribution in [0.15, 0.2) is 55.1 Å². The minimum absolute atomic E-state index is 0.0868. The number of hydrogen-bond acceptors (Lipinski definition) is 4. The average Bonchev–Trinajstić information content (AvgIpc) is 3.24. The van der Waals surface area contributed by atoms with Gasteiger partial charge < -0.3 is 10.4 Å². The Morgan fingerprint density at radius 1 is 1.33 bits per heavy atom. The zero-order chi connectivity index (χ0) is 17.2. The Morgan fingerprint density at radius 2 is 2.17 bits per heavy atom. The van der Waals surface area contributed by atoms with Crippen molar-refractivity contribution in [3.63, 3.8) is 0 Å². The summed E-state index contributed by atoms with van der Waals surface area (Å²) in [5.74, 6) is -0.256. The van der Waals surface area contributed by atoms with E-state index in [1.165, 1.54) is 0 Å². The molecule has 1 aromatic carbocycles. The molecule has 0 saturated carbocycles. The van der Waals surface area contributed by atoms with E-state index in [2.05, 4.69) is 15.5 Å². The molecule has 0 aliphatic carbocycles. The molecular formula is C17H19N5O2. The van der Waals surface area contributed by atoms with Gasteiger partial charge in [0.15, 0.2) is 0 Å². The summed E-state index contributed by atoms with van der Waals surface area (Å²) in [6.07, 6.45) is 6.80. The number of rotatable bonds is 5. The van der Waals surface area contributed by atoms with Crippen molar-refractivity contribution in [1.29, 1.82) is 0 Å². The number of carbonyl (C=O) groups excluding carboxylic acids is 1. The molecule has 1 atom stereocenters. The molecule has 3 rings (SSSR count). The van der Waals surface area contributed by atoms with Gasteiger partial charge in [-0.25, -0.2) is 4.68 Å². The van der Waals surface area contributed by atoms with Gasteiger partial charge in [-0.05, 0) is 31.2 Å². The number of carbonyl (C=O) groups is 1. The molecule has 0 radical (unpaired) electrons. The van der Waals surface area contributed by atoms with Crippen LogP contribution in [-0.4, -0.2) is 37.1 Å². The van der Waals surface area contributed by atoms with Crippen molar-refractivity contribution in [2.75, 3.05) is 6.54 Å². The van der Waals surface area contributed by atoms with Crippen molar-refractivity contribution < 1.29 is 9.90 Å². The maximum atomic E-state index is 12.4. The van der Waals surface area contributed by atoms with Gasteiger partial charge in [0.2, 0.25) is 0 Å². The lowest BCUT2D eigenvalue weighted by atomic mass is 9.99. The summed E-state index contributed by atoms with van der Waals surface area (Å²) >= 11 is 0. The van der Waals surface area contributed by atoms with Gasteiger partial charge in [-0.15, -0.1) is 0 Å². The van der Waals surface area contributed by atoms with Gasteiger partial charge in [0.25, 0.3) is 5.91 Å². The third-order valence-corrected chi connectivity index (χ3v) is 3.80. The summed E-state index contributed by atoms with van der Waals surface area (Å²) in [5, 5.41) is 21.5. The van der Waals surface area contributed by atoms with Crippen molar-refractivity contribution in [3.05, 3.63) is 66.2 Å². The minimum Gasteiger partial charge on any atom is -0.383 e. The molecule has 0 fully saturated rings. The zero-order valence-electron chi connectivity index (χ0n) is 13.5. The first-order chi connectivity index (χ1) is 11.5. The van der Waals surface area contributed by atoms with Crippen LogP contribution in [0.1, 0.15) is 22.8 Å². The van der Waals surface area contributed by atoms with E-state index in [1.54, 1.807) is 60.1 Å². The van der Waals surface area contributed by atoms with Crippen LogP contribution < -0.4 is 5.32 Å². The number of amides is 1. The van der Waals surface area contributed by atoms with Crippen LogP contribution in [0.2, 0.25) is 0 Å². The maximum Gasteiger partial charge on any atom is 0.251 e. The number of hydrogen-bond donors (Lipinski definition) is 2. The van der Waals surface area contributed by atoms with Crippen LogP contribution in [0.3, 0.4) is 0 Å². The molecule has 0 aliphatic rings. The molecule has 124 valence electrons. The van der Waals surface area contributed by atoms with Gasteiger partial charge >= 0.3 is 0 Å². The lowest BCUT2D eigenvalue weighted by Gasteiger charge is -2.22. The molecule has 1 unspecified atom stereocenters. The monoisotopic (exact) mass is 325 g/mol. The van der Waals surface area contributed by atoms with Crippen molar-refractivity contribution in [1.82, 2.24) is 24.9 Å². The Hall–Kier alpha value is -2.93. The summed E-state index contributed by atoms with van der Waals surface area (Å²) in [6.45, 7) is 1.73. The highest BCUT2D eigenvalue weighted by Crippen LogP contribution is 2.19. The summed E-state index contributed by atoms with van der Waals surface area (Å²) in [7, 11) is 1.78. The Morgan fingerprint density at radius 3 is 2.83 bits per heavy atom. The first kappa shape index (κ1) is 15.9. The van der Waals surface area contributed by atoms with E-state index < -0.39 is 5.60 Å². The van der Waals surface area contributed by atoms with Crippen molar-refractivity contribution in [2.45, 2.75) is 12.5 Å². The van der Waals surface area contributed by atoms with E-state index in [1.807, 2.05) is 18.3 Å². The van der Waals surface area contributed by atoms with Crippen LogP contribution in [-0.2, 0) is 12.6 Å². The van der Waals surface area contributed by atoms with E-state index in [0.717, 1.165) is 5.69 Å². The quantitative estimate of drug-likeness (QED) is 0.739. The Labute approximate surface area is 139 Å². The molecule has 7 nitrogen and oxygen atoms in total. The highest BCUT2D eigenvalue weighted by Gasteiger charge is 2.25. The standard InChI is InChI=1S/C17H19N5O2/c1-17(24,14-10-20-21(2)11-14)12-18-16(23)13-5-3-6-15(9-13)22-8-4-7-19-22/h3-11,24H,12H2,1-2H3,(H,18,23). The number of aryl methyl sites for hydroxylation is 1. The molecule has 2 aromatic heterocycles. The summed E-state index contributed by atoms with van der Waals surface area (Å²) < 4.78 is 3.29. The molecule has 0 aliphatic heterocycles. The summed E-state index contributed by atoms with van der Waals surface area (Å²) in [6, 6.07) is 8.96. The Bertz CT molecular complexity index is 836. The molecule has 0 saturated heterocycles. The molecule has 2 N–H and O–H groups in total. The molecule has 2 heterocycles. The predicted molar refractivity (Wildman–Crippen MR) is 88.7 cm³/mol. The van der Waals surface area contributed by atoms with E-state index in [9.17, 15) is 9.90 Å². The van der Waals surface area contributed by atoms with E-state index in [0.29, 0.717) is 11.1 Å². The van der Waals surface area contributed by atoms with Gasteiger partial charge in [0.05, 0.1) is 18.4 Å². The average molecular weight is 325 g/mol.